The Morgan fingerprint density at radius 1 is 0.911 bits per heavy atom. The lowest BCUT2D eigenvalue weighted by Gasteiger charge is -2.62. The number of rotatable bonds is 25. The fraction of sp³-hybridized carbons (Fsp3) is 0.833. The molecule has 0 aromatic carbocycles. The number of aliphatic hydroxyl groups excluding tert-OH is 5. The number of hydrogen-bond acceptors (Lipinski definition) is 21. The molecule has 4 saturated carbocycles. The fourth-order valence-corrected chi connectivity index (χ4v) is 17.3. The third-order valence-electron chi connectivity index (χ3n) is 18.0. The summed E-state index contributed by atoms with van der Waals surface area (Å²) < 4.78 is 62.8. The van der Waals surface area contributed by atoms with Crippen molar-refractivity contribution >= 4 is 69.1 Å². The predicted molar refractivity (Wildman–Crippen MR) is 283 cm³/mol. The van der Waals surface area contributed by atoms with Crippen LogP contribution in [-0.4, -0.2) is 156 Å². The van der Waals surface area contributed by atoms with Crippen LogP contribution in [0, 0.1) is 57.7 Å². The van der Waals surface area contributed by atoms with Gasteiger partial charge in [0.15, 0.2) is 22.8 Å². The summed E-state index contributed by atoms with van der Waals surface area (Å²) in [5.74, 6) is 0.407. The van der Waals surface area contributed by atoms with Crippen molar-refractivity contribution in [1.29, 1.82) is 0 Å². The highest BCUT2D eigenvalue weighted by Gasteiger charge is 2.63. The smallest absolute Gasteiger partial charge is 0.393 e. The number of phosphoric ester groups is 3. The molecular formula is C48H80N7O20P3S. The largest absolute Gasteiger partial charge is 0.481 e. The Morgan fingerprint density at radius 2 is 1.59 bits per heavy atom. The molecule has 0 radical (unpaired) electrons. The van der Waals surface area contributed by atoms with Crippen molar-refractivity contribution in [3.63, 3.8) is 0 Å². The first kappa shape index (κ1) is 64.0. The van der Waals surface area contributed by atoms with Crippen molar-refractivity contribution in [2.45, 2.75) is 161 Å². The highest BCUT2D eigenvalue weighted by molar-refractivity contribution is 8.13. The molecule has 2 aromatic heterocycles. The van der Waals surface area contributed by atoms with Crippen LogP contribution in [0.1, 0.15) is 118 Å². The second-order valence-corrected chi connectivity index (χ2v) is 28.9. The van der Waals surface area contributed by atoms with Crippen LogP contribution in [0.2, 0.25) is 0 Å². The van der Waals surface area contributed by atoms with Crippen LogP contribution >= 0.6 is 35.2 Å². The number of carbonyl (C=O) groups is 3. The molecule has 2 aromatic rings. The van der Waals surface area contributed by atoms with Crippen molar-refractivity contribution < 1.29 is 95.8 Å². The van der Waals surface area contributed by atoms with E-state index in [1.165, 1.54) is 13.8 Å². The molecule has 31 heteroatoms. The number of aliphatic hydroxyl groups is 5. The number of nitrogen functional groups attached to an aromatic ring is 1. The number of hydrogen-bond donors (Lipinski definition) is 12. The van der Waals surface area contributed by atoms with Crippen LogP contribution in [0.15, 0.2) is 12.7 Å². The highest BCUT2D eigenvalue weighted by Crippen LogP contribution is 2.69. The van der Waals surface area contributed by atoms with Crippen molar-refractivity contribution in [1.82, 2.24) is 30.2 Å². The minimum absolute atomic E-state index is 0.0236. The highest BCUT2D eigenvalue weighted by atomic mass is 32.2. The molecule has 13 N–H and O–H groups in total. The second kappa shape index (κ2) is 25.3. The van der Waals surface area contributed by atoms with Gasteiger partial charge < -0.3 is 66.2 Å². The van der Waals surface area contributed by atoms with Gasteiger partial charge >= 0.3 is 23.5 Å². The molecule has 4 aliphatic carbocycles. The zero-order chi connectivity index (χ0) is 58.2. The Labute approximate surface area is 462 Å². The normalized spacial score (nSPS) is 34.0. The average Bonchev–Trinajstić information content (AvgIpc) is 4.26. The Kier molecular flexibility index (Phi) is 20.5. The van der Waals surface area contributed by atoms with Crippen LogP contribution < -0.4 is 16.4 Å². The number of ether oxygens (including phenoxy) is 1. The van der Waals surface area contributed by atoms with Gasteiger partial charge in [0.1, 0.15) is 36.3 Å². The van der Waals surface area contributed by atoms with Crippen LogP contribution in [0.4, 0.5) is 5.82 Å². The summed E-state index contributed by atoms with van der Waals surface area (Å²) in [5.41, 5.74) is 4.50. The average molecular weight is 1200 g/mol. The molecule has 3 heterocycles. The molecule has 27 nitrogen and oxygen atoms in total. The lowest BCUT2D eigenvalue weighted by atomic mass is 9.43. The molecule has 1 saturated heterocycles. The zero-order valence-electron chi connectivity index (χ0n) is 45.3. The molecule has 0 bridgehead atoms. The minimum Gasteiger partial charge on any atom is -0.393 e. The molecule has 1 aliphatic heterocycles. The van der Waals surface area contributed by atoms with Gasteiger partial charge in [-0.15, -0.1) is 0 Å². The van der Waals surface area contributed by atoms with Gasteiger partial charge in [-0.05, 0) is 111 Å². The van der Waals surface area contributed by atoms with E-state index < -0.39 is 96.6 Å². The van der Waals surface area contributed by atoms with E-state index in [0.29, 0.717) is 36.0 Å². The number of imidazole rings is 1. The number of fused-ring (bicyclic) bond motifs is 6. The topological polar surface area (TPSA) is 424 Å². The molecule has 7 rings (SSSR count). The van der Waals surface area contributed by atoms with Gasteiger partial charge in [-0.25, -0.2) is 28.6 Å². The van der Waals surface area contributed by atoms with Crippen molar-refractivity contribution in [2.24, 2.45) is 57.7 Å². The first-order chi connectivity index (χ1) is 36.8. The van der Waals surface area contributed by atoms with E-state index in [2.05, 4.69) is 55.2 Å². The molecule has 79 heavy (non-hydrogen) atoms. The quantitative estimate of drug-likeness (QED) is 0.0502. The summed E-state index contributed by atoms with van der Waals surface area (Å²) in [5, 5.41) is 59.7. The number of amides is 2. The summed E-state index contributed by atoms with van der Waals surface area (Å²) in [6.07, 6.45) is 0.531. The third kappa shape index (κ3) is 14.9. The number of aromatic nitrogens is 4. The molecule has 10 unspecified atom stereocenters. The monoisotopic (exact) mass is 1200 g/mol. The van der Waals surface area contributed by atoms with Gasteiger partial charge in [0.2, 0.25) is 11.8 Å². The molecule has 5 aliphatic rings. The zero-order valence-corrected chi connectivity index (χ0v) is 48.8. The summed E-state index contributed by atoms with van der Waals surface area (Å²) >= 11 is 1.00. The van der Waals surface area contributed by atoms with E-state index >= 15 is 0 Å². The number of nitrogens with two attached hydrogens (primary N) is 1. The van der Waals surface area contributed by atoms with Gasteiger partial charge in [-0.2, -0.15) is 4.31 Å². The Morgan fingerprint density at radius 3 is 2.30 bits per heavy atom. The van der Waals surface area contributed by atoms with Gasteiger partial charge in [0, 0.05) is 30.7 Å². The molecule has 2 amide bonds. The van der Waals surface area contributed by atoms with Gasteiger partial charge in [-0.1, -0.05) is 53.3 Å². The summed E-state index contributed by atoms with van der Waals surface area (Å²) in [4.78, 5) is 89.9. The molecule has 448 valence electrons. The van der Waals surface area contributed by atoms with Gasteiger partial charge in [0.05, 0.1) is 43.8 Å². The van der Waals surface area contributed by atoms with Crippen molar-refractivity contribution in [3.05, 3.63) is 12.7 Å². The molecule has 5 fully saturated rings. The number of thioether (sulfide) groups is 1. The third-order valence-corrected chi connectivity index (χ3v) is 22.2. The minimum atomic E-state index is -5.61. The number of carbonyl (C=O) groups excluding carboxylic acids is 3. The van der Waals surface area contributed by atoms with E-state index in [0.717, 1.165) is 86.8 Å². The number of nitrogens with one attached hydrogen (secondary N) is 2. The van der Waals surface area contributed by atoms with Crippen LogP contribution in [0.3, 0.4) is 0 Å². The predicted octanol–water partition coefficient (Wildman–Crippen LogP) is 3.07. The lowest BCUT2D eigenvalue weighted by molar-refractivity contribution is -0.174. The Hall–Kier alpha value is -2.56. The van der Waals surface area contributed by atoms with E-state index in [4.69, 9.17) is 19.5 Å². The first-order valence-corrected chi connectivity index (χ1v) is 32.4. The summed E-state index contributed by atoms with van der Waals surface area (Å²) in [6, 6.07) is 0. The molecular weight excluding hydrogens is 1120 g/mol. The Balaban J connectivity index is 0.774. The van der Waals surface area contributed by atoms with Gasteiger partial charge in [0.25, 0.3) is 0 Å². The van der Waals surface area contributed by atoms with Crippen LogP contribution in [0.25, 0.3) is 11.2 Å². The van der Waals surface area contributed by atoms with Crippen LogP contribution in [-0.2, 0) is 50.7 Å². The second-order valence-electron chi connectivity index (χ2n) is 23.6. The van der Waals surface area contributed by atoms with E-state index in [9.17, 15) is 73.2 Å². The first-order valence-electron chi connectivity index (χ1n) is 26.9. The van der Waals surface area contributed by atoms with E-state index in [1.54, 1.807) is 6.92 Å². The molecule has 19 atom stereocenters. The summed E-state index contributed by atoms with van der Waals surface area (Å²) in [7, 11) is -16.5. The van der Waals surface area contributed by atoms with Crippen LogP contribution in [0.5, 0.6) is 0 Å². The fourth-order valence-electron chi connectivity index (χ4n) is 13.6. The number of phosphoric acid groups is 3. The maximum atomic E-state index is 13.1. The number of anilines is 1. The molecule has 0 spiro atoms. The lowest BCUT2D eigenvalue weighted by Crippen LogP contribution is -2.58. The van der Waals surface area contributed by atoms with Crippen molar-refractivity contribution in [3.8, 4) is 0 Å². The van der Waals surface area contributed by atoms with Crippen molar-refractivity contribution in [2.75, 3.05) is 37.8 Å². The SMILES string of the molecule is CC(CCC(O)C(C)C(=O)SCCNC(=O)CCNC(=O)C(O)C(C)(C)COP(=O)(O)OP(=O)(O)OC[C@H]1O[C@@H](n2cnc3c(N)ncnc32)[C@H](O)[C@@H]1OP(=O)(O)O)C1CCC2C3C(CC[C@]12C)[C@@]1(C)CC[C@@H](O)C[C@H]1C[C@H]3O. The summed E-state index contributed by atoms with van der Waals surface area (Å²) in [6.45, 7) is 9.12. The Bertz CT molecular complexity index is 2640. The maximum absolute atomic E-state index is 13.1. The van der Waals surface area contributed by atoms with E-state index in [-0.39, 0.29) is 76.3 Å². The standard InChI is InChI=1S/C48H80N7O20P3S/c1-25(29-8-9-30-36-31(12-15-48(29,30)6)47(5)14-11-28(56)19-27(47)20-33(36)58)7-10-32(57)26(2)45(63)79-18-17-50-35(59)13-16-51-43(62)40(61)46(3,4)22-72-78(69,70)75-77(67,68)71-21-34-39(74-76(64,65)66)38(60)44(73-34)55-24-54-37-41(49)52-23-53-42(37)55/h23-34,36,38-40,44,56-58,60-61H,7-22H2,1-6H3,(H,50,59)(H,51,62)(H,67,68)(H,69,70)(H2,49,52,53)(H2,64,65,66)/t25?,26?,27-,28+,29?,30?,31?,32?,33+,34+,36?,38+,39+,40?,44+,47-,48+/m0/s1. The van der Waals surface area contributed by atoms with Gasteiger partial charge in [-0.3, -0.25) is 32.5 Å². The maximum Gasteiger partial charge on any atom is 0.481 e. The number of nitrogens with zero attached hydrogens (tertiary/aromatic N) is 4. The van der Waals surface area contributed by atoms with E-state index in [1.807, 2.05) is 0 Å².